The van der Waals surface area contributed by atoms with E-state index in [4.69, 9.17) is 8.94 Å². The lowest BCUT2D eigenvalue weighted by Crippen LogP contribution is -2.38. The molecular weight excluding hydrogens is 385 g/mol. The van der Waals surface area contributed by atoms with Gasteiger partial charge in [0.05, 0.1) is 0 Å². The van der Waals surface area contributed by atoms with Crippen LogP contribution in [0.1, 0.15) is 40.8 Å². The molecule has 2 aromatic carbocycles. The fourth-order valence-corrected chi connectivity index (χ4v) is 3.97. The van der Waals surface area contributed by atoms with Crippen molar-refractivity contribution < 1.29 is 18.1 Å². The van der Waals surface area contributed by atoms with Gasteiger partial charge in [-0.05, 0) is 50.1 Å². The molecule has 0 spiro atoms. The largest absolute Gasteiger partial charge is 0.451 e. The zero-order valence-corrected chi connectivity index (χ0v) is 16.5. The number of fused-ring (bicyclic) bond motifs is 1. The summed E-state index contributed by atoms with van der Waals surface area (Å²) in [7, 11) is 0. The summed E-state index contributed by atoms with van der Waals surface area (Å²) in [6.07, 6.45) is 1.46. The number of carbonyl (C=O) groups excluding carboxylic acids is 1. The smallest absolute Gasteiger partial charge is 0.289 e. The molecule has 0 unspecified atom stereocenters. The first-order valence-corrected chi connectivity index (χ1v) is 9.97. The van der Waals surface area contributed by atoms with E-state index < -0.39 is 0 Å². The van der Waals surface area contributed by atoms with Gasteiger partial charge < -0.3 is 13.8 Å². The minimum Gasteiger partial charge on any atom is -0.451 e. The van der Waals surface area contributed by atoms with E-state index in [-0.39, 0.29) is 17.6 Å². The monoisotopic (exact) mass is 405 g/mol. The predicted octanol–water partition coefficient (Wildman–Crippen LogP) is 4.95. The van der Waals surface area contributed by atoms with Crippen molar-refractivity contribution in [3.63, 3.8) is 0 Å². The SMILES string of the molecule is Cc1c(C(=O)N2CCC(c3nc(-c4ccc(F)cc4)no3)CC2)oc2ccccc12. The van der Waals surface area contributed by atoms with Gasteiger partial charge in [0.15, 0.2) is 5.76 Å². The van der Waals surface area contributed by atoms with Crippen molar-refractivity contribution in [1.29, 1.82) is 0 Å². The molecule has 0 saturated carbocycles. The molecule has 6 nitrogen and oxygen atoms in total. The van der Waals surface area contributed by atoms with Gasteiger partial charge >= 0.3 is 0 Å². The maximum Gasteiger partial charge on any atom is 0.289 e. The Morgan fingerprint density at radius 2 is 1.83 bits per heavy atom. The minimum absolute atomic E-state index is 0.0836. The lowest BCUT2D eigenvalue weighted by Gasteiger charge is -2.29. The highest BCUT2D eigenvalue weighted by molar-refractivity contribution is 5.98. The molecule has 0 N–H and O–H groups in total. The number of rotatable bonds is 3. The average Bonchev–Trinajstić information content (AvgIpc) is 3.40. The second-order valence-corrected chi connectivity index (χ2v) is 7.58. The third-order valence-electron chi connectivity index (χ3n) is 5.71. The molecule has 7 heteroatoms. The summed E-state index contributed by atoms with van der Waals surface area (Å²) < 4.78 is 24.4. The summed E-state index contributed by atoms with van der Waals surface area (Å²) >= 11 is 0. The summed E-state index contributed by atoms with van der Waals surface area (Å²) in [5.74, 6) is 1.11. The molecule has 1 saturated heterocycles. The van der Waals surface area contributed by atoms with Gasteiger partial charge in [0, 0.05) is 35.5 Å². The quantitative estimate of drug-likeness (QED) is 0.482. The molecule has 1 aliphatic rings. The molecule has 3 heterocycles. The zero-order valence-electron chi connectivity index (χ0n) is 16.5. The van der Waals surface area contributed by atoms with E-state index >= 15 is 0 Å². The van der Waals surface area contributed by atoms with Crippen LogP contribution in [0.3, 0.4) is 0 Å². The van der Waals surface area contributed by atoms with Gasteiger partial charge in [-0.15, -0.1) is 0 Å². The minimum atomic E-state index is -0.306. The lowest BCUT2D eigenvalue weighted by molar-refractivity contribution is 0.0674. The van der Waals surface area contributed by atoms with Crippen LogP contribution in [0, 0.1) is 12.7 Å². The number of nitrogens with zero attached hydrogens (tertiary/aromatic N) is 3. The molecule has 1 amide bonds. The van der Waals surface area contributed by atoms with Gasteiger partial charge in [-0.1, -0.05) is 23.4 Å². The van der Waals surface area contributed by atoms with Crippen LogP contribution >= 0.6 is 0 Å². The molecule has 2 aromatic heterocycles. The number of aryl methyl sites for hydroxylation is 1. The second-order valence-electron chi connectivity index (χ2n) is 7.58. The molecule has 0 radical (unpaired) electrons. The Bertz CT molecular complexity index is 1200. The molecular formula is C23H20FN3O3. The maximum absolute atomic E-state index is 13.1. The predicted molar refractivity (Wildman–Crippen MR) is 109 cm³/mol. The van der Waals surface area contributed by atoms with Crippen molar-refractivity contribution >= 4 is 16.9 Å². The number of furan rings is 1. The molecule has 1 fully saturated rings. The number of benzene rings is 2. The molecule has 0 aliphatic carbocycles. The number of likely N-dealkylation sites (tertiary alicyclic amines) is 1. The van der Waals surface area contributed by atoms with Crippen LogP contribution in [-0.4, -0.2) is 34.0 Å². The first-order valence-electron chi connectivity index (χ1n) is 9.97. The van der Waals surface area contributed by atoms with Crippen LogP contribution in [0.2, 0.25) is 0 Å². The number of carbonyl (C=O) groups is 1. The molecule has 4 aromatic rings. The van der Waals surface area contributed by atoms with Crippen molar-refractivity contribution in [2.24, 2.45) is 0 Å². The number of piperidine rings is 1. The second kappa shape index (κ2) is 7.40. The highest BCUT2D eigenvalue weighted by Gasteiger charge is 2.30. The number of aromatic nitrogens is 2. The van der Waals surface area contributed by atoms with Crippen molar-refractivity contribution in [2.45, 2.75) is 25.7 Å². The normalized spacial score (nSPS) is 15.1. The zero-order chi connectivity index (χ0) is 20.7. The molecule has 1 aliphatic heterocycles. The van der Waals surface area contributed by atoms with E-state index in [1.807, 2.05) is 36.1 Å². The van der Waals surface area contributed by atoms with Gasteiger partial charge in [-0.3, -0.25) is 4.79 Å². The number of hydrogen-bond acceptors (Lipinski definition) is 5. The standard InChI is InChI=1S/C23H20FN3O3/c1-14-18-4-2-3-5-19(18)29-20(14)23(28)27-12-10-16(11-13-27)22-25-21(26-30-22)15-6-8-17(24)9-7-15/h2-9,16H,10-13H2,1H3. The van der Waals surface area contributed by atoms with Crippen LogP contribution in [0.5, 0.6) is 0 Å². The molecule has 0 bridgehead atoms. The van der Waals surface area contributed by atoms with Crippen LogP contribution in [0.25, 0.3) is 22.4 Å². The summed E-state index contributed by atoms with van der Waals surface area (Å²) in [5, 5.41) is 4.99. The first-order chi connectivity index (χ1) is 14.6. The molecule has 0 atom stereocenters. The summed E-state index contributed by atoms with van der Waals surface area (Å²) in [5.41, 5.74) is 2.31. The Labute approximate surface area is 172 Å². The fourth-order valence-electron chi connectivity index (χ4n) is 3.97. The Kier molecular flexibility index (Phi) is 4.58. The number of para-hydroxylation sites is 1. The van der Waals surface area contributed by atoms with Gasteiger partial charge in [0.1, 0.15) is 11.4 Å². The Morgan fingerprint density at radius 3 is 2.57 bits per heavy atom. The molecule has 152 valence electrons. The van der Waals surface area contributed by atoms with E-state index in [9.17, 15) is 9.18 Å². The summed E-state index contributed by atoms with van der Waals surface area (Å²) in [6, 6.07) is 13.7. The van der Waals surface area contributed by atoms with Crippen LogP contribution in [0.4, 0.5) is 4.39 Å². The van der Waals surface area contributed by atoms with Crippen molar-refractivity contribution in [2.75, 3.05) is 13.1 Å². The first kappa shape index (κ1) is 18.5. The Morgan fingerprint density at radius 1 is 1.10 bits per heavy atom. The van der Waals surface area contributed by atoms with Crippen LogP contribution in [-0.2, 0) is 0 Å². The number of amides is 1. The van der Waals surface area contributed by atoms with Crippen LogP contribution < -0.4 is 0 Å². The highest BCUT2D eigenvalue weighted by Crippen LogP contribution is 2.31. The Hall–Kier alpha value is -3.48. The topological polar surface area (TPSA) is 72.4 Å². The van der Waals surface area contributed by atoms with E-state index in [0.717, 1.165) is 29.4 Å². The summed E-state index contributed by atoms with van der Waals surface area (Å²) in [4.78, 5) is 19.3. The average molecular weight is 405 g/mol. The molecule has 5 rings (SSSR count). The van der Waals surface area contributed by atoms with Gasteiger partial charge in [-0.25, -0.2) is 4.39 Å². The molecule has 30 heavy (non-hydrogen) atoms. The summed E-state index contributed by atoms with van der Waals surface area (Å²) in [6.45, 7) is 3.10. The third-order valence-corrected chi connectivity index (χ3v) is 5.71. The van der Waals surface area contributed by atoms with E-state index in [1.165, 1.54) is 12.1 Å². The lowest BCUT2D eigenvalue weighted by atomic mass is 9.96. The van der Waals surface area contributed by atoms with Gasteiger partial charge in [-0.2, -0.15) is 4.98 Å². The van der Waals surface area contributed by atoms with Crippen molar-refractivity contribution in [1.82, 2.24) is 15.0 Å². The highest BCUT2D eigenvalue weighted by atomic mass is 19.1. The van der Waals surface area contributed by atoms with E-state index in [2.05, 4.69) is 10.1 Å². The number of hydrogen-bond donors (Lipinski definition) is 0. The van der Waals surface area contributed by atoms with Crippen molar-refractivity contribution in [3.8, 4) is 11.4 Å². The van der Waals surface area contributed by atoms with Crippen LogP contribution in [0.15, 0.2) is 57.5 Å². The van der Waals surface area contributed by atoms with Crippen molar-refractivity contribution in [3.05, 3.63) is 71.6 Å². The van der Waals surface area contributed by atoms with Gasteiger partial charge in [0.2, 0.25) is 11.7 Å². The fraction of sp³-hybridized carbons (Fsp3) is 0.261. The van der Waals surface area contributed by atoms with E-state index in [0.29, 0.717) is 36.1 Å². The van der Waals surface area contributed by atoms with Gasteiger partial charge in [0.25, 0.3) is 5.91 Å². The number of halogens is 1. The Balaban J connectivity index is 1.28. The third kappa shape index (κ3) is 3.26. The maximum atomic E-state index is 13.1. The van der Waals surface area contributed by atoms with E-state index in [1.54, 1.807) is 12.1 Å².